The van der Waals surface area contributed by atoms with Crippen molar-refractivity contribution < 1.29 is 9.05 Å². The molecule has 0 atom stereocenters. The third kappa shape index (κ3) is 5.69. The predicted octanol–water partition coefficient (Wildman–Crippen LogP) is 6.11. The van der Waals surface area contributed by atoms with Gasteiger partial charge in [0.15, 0.2) is 0 Å². The fourth-order valence-corrected chi connectivity index (χ4v) is 5.15. The highest BCUT2D eigenvalue weighted by Gasteiger charge is 2.23. The van der Waals surface area contributed by atoms with Crippen LogP contribution < -0.4 is 9.05 Å². The van der Waals surface area contributed by atoms with E-state index in [1.165, 1.54) is 11.4 Å². The predicted molar refractivity (Wildman–Crippen MR) is 109 cm³/mol. The van der Waals surface area contributed by atoms with Gasteiger partial charge in [-0.1, -0.05) is 60.5 Å². The molecule has 0 saturated heterocycles. The summed E-state index contributed by atoms with van der Waals surface area (Å²) in [7, 11) is 0. The van der Waals surface area contributed by atoms with Gasteiger partial charge in [-0.15, -0.1) is 0 Å². The first-order valence-electron chi connectivity index (χ1n) is 7.57. The Morgan fingerprint density at radius 1 is 0.680 bits per heavy atom. The molecule has 25 heavy (non-hydrogen) atoms. The van der Waals surface area contributed by atoms with Crippen molar-refractivity contribution in [1.29, 1.82) is 0 Å². The Balaban J connectivity index is 1.81. The summed E-state index contributed by atoms with van der Waals surface area (Å²) in [6.07, 6.45) is 0. The van der Waals surface area contributed by atoms with Crippen LogP contribution in [0.1, 0.15) is 5.56 Å². The minimum Gasteiger partial charge on any atom is -0.428 e. The molecule has 5 heteroatoms. The molecule has 0 N–H and O–H groups in total. The van der Waals surface area contributed by atoms with Gasteiger partial charge in [-0.25, -0.2) is 0 Å². The fourth-order valence-electron chi connectivity index (χ4n) is 1.94. The normalized spacial score (nSPS) is 10.4. The molecule has 0 saturated carbocycles. The zero-order valence-electron chi connectivity index (χ0n) is 13.2. The molecule has 0 unspecified atom stereocenters. The molecular formula is C20H15O2PS2. The van der Waals surface area contributed by atoms with E-state index in [0.717, 1.165) is 5.56 Å². The summed E-state index contributed by atoms with van der Waals surface area (Å²) in [4.78, 5) is 0. The van der Waals surface area contributed by atoms with Crippen LogP contribution in [-0.4, -0.2) is 0 Å². The van der Waals surface area contributed by atoms with Crippen LogP contribution in [-0.2, 0) is 11.8 Å². The maximum absolute atomic E-state index is 6.01. The molecule has 0 bridgehead atoms. The van der Waals surface area contributed by atoms with Crippen LogP contribution in [0.25, 0.3) is 0 Å². The largest absolute Gasteiger partial charge is 0.428 e. The fraction of sp³-hybridized carbons (Fsp3) is 0. The summed E-state index contributed by atoms with van der Waals surface area (Å²) in [5, 5.41) is 3.04. The van der Waals surface area contributed by atoms with Crippen molar-refractivity contribution >= 4 is 28.9 Å². The van der Waals surface area contributed by atoms with E-state index in [2.05, 4.69) is 11.2 Å². The second kappa shape index (κ2) is 8.78. The third-order valence-electron chi connectivity index (χ3n) is 3.05. The molecule has 124 valence electrons. The molecule has 3 aromatic rings. The minimum absolute atomic E-state index is 0.677. The Labute approximate surface area is 157 Å². The van der Waals surface area contributed by atoms with Crippen LogP contribution in [0.5, 0.6) is 11.5 Å². The van der Waals surface area contributed by atoms with E-state index in [1.54, 1.807) is 0 Å². The van der Waals surface area contributed by atoms with Gasteiger partial charge >= 0.3 is 5.69 Å². The van der Waals surface area contributed by atoms with Crippen molar-refractivity contribution in [2.75, 3.05) is 0 Å². The van der Waals surface area contributed by atoms with E-state index in [1.807, 2.05) is 91.0 Å². The first-order valence-corrected chi connectivity index (χ1v) is 11.6. The molecule has 0 heterocycles. The molecule has 0 fully saturated rings. The van der Waals surface area contributed by atoms with Gasteiger partial charge < -0.3 is 9.05 Å². The van der Waals surface area contributed by atoms with Crippen molar-refractivity contribution in [1.82, 2.24) is 0 Å². The molecule has 0 amide bonds. The van der Waals surface area contributed by atoms with E-state index in [9.17, 15) is 0 Å². The van der Waals surface area contributed by atoms with E-state index in [0.29, 0.717) is 11.5 Å². The molecule has 0 spiro atoms. The molecule has 3 rings (SSSR count). The number of hydrogen-bond donors (Lipinski definition) is 0. The smallest absolute Gasteiger partial charge is 0.361 e. The van der Waals surface area contributed by atoms with Crippen LogP contribution >= 0.6 is 17.1 Å². The first-order chi connectivity index (χ1) is 12.2. The molecule has 2 nitrogen and oxygen atoms in total. The van der Waals surface area contributed by atoms with Gasteiger partial charge in [-0.05, 0) is 41.7 Å². The highest BCUT2D eigenvalue weighted by atomic mass is 32.9. The van der Waals surface area contributed by atoms with E-state index < -0.39 is 5.69 Å². The Bertz CT molecular complexity index is 858. The Hall–Kier alpha value is -2.18. The van der Waals surface area contributed by atoms with Crippen molar-refractivity contribution in [3.63, 3.8) is 0 Å². The molecular weight excluding hydrogens is 367 g/mol. The maximum atomic E-state index is 6.01. The van der Waals surface area contributed by atoms with Crippen LogP contribution in [0, 0.1) is 11.2 Å². The Morgan fingerprint density at radius 3 is 1.60 bits per heavy atom. The average Bonchev–Trinajstić information content (AvgIpc) is 2.64. The van der Waals surface area contributed by atoms with Crippen molar-refractivity contribution in [3.8, 4) is 22.7 Å². The van der Waals surface area contributed by atoms with Crippen LogP contribution in [0.15, 0.2) is 91.0 Å². The topological polar surface area (TPSA) is 18.5 Å². The highest BCUT2D eigenvalue weighted by molar-refractivity contribution is 8.69. The number of para-hydroxylation sites is 2. The van der Waals surface area contributed by atoms with Crippen LogP contribution in [0.2, 0.25) is 0 Å². The lowest BCUT2D eigenvalue weighted by Gasteiger charge is -2.20. The van der Waals surface area contributed by atoms with Gasteiger partial charge in [0.25, 0.3) is 0 Å². The van der Waals surface area contributed by atoms with Gasteiger partial charge in [-0.2, -0.15) is 0 Å². The lowest BCUT2D eigenvalue weighted by Crippen LogP contribution is -1.96. The summed E-state index contributed by atoms with van der Waals surface area (Å²) in [5.41, 5.74) is -1.80. The molecule has 0 aliphatic rings. The maximum Gasteiger partial charge on any atom is 0.361 e. The molecule has 3 aromatic carbocycles. The quantitative estimate of drug-likeness (QED) is 0.391. The Kier molecular flexibility index (Phi) is 6.19. The average molecular weight is 382 g/mol. The monoisotopic (exact) mass is 382 g/mol. The Morgan fingerprint density at radius 2 is 1.12 bits per heavy atom. The zero-order valence-corrected chi connectivity index (χ0v) is 15.8. The van der Waals surface area contributed by atoms with Gasteiger partial charge in [0.05, 0.1) is 0 Å². The number of benzene rings is 3. The van der Waals surface area contributed by atoms with E-state index in [4.69, 9.17) is 20.9 Å². The summed E-state index contributed by atoms with van der Waals surface area (Å²) < 4.78 is 12.0. The van der Waals surface area contributed by atoms with Gasteiger partial charge in [0.1, 0.15) is 11.5 Å². The van der Waals surface area contributed by atoms with Crippen molar-refractivity contribution in [2.24, 2.45) is 0 Å². The third-order valence-corrected chi connectivity index (χ3v) is 6.84. The second-order valence-electron chi connectivity index (χ2n) is 4.94. The highest BCUT2D eigenvalue weighted by Crippen LogP contribution is 2.59. The first kappa shape index (κ1) is 17.6. The van der Waals surface area contributed by atoms with E-state index in [-0.39, 0.29) is 0 Å². The lowest BCUT2D eigenvalue weighted by atomic mass is 10.2. The minimum atomic E-state index is -2.72. The van der Waals surface area contributed by atoms with Crippen molar-refractivity contribution in [2.45, 2.75) is 0 Å². The standard InChI is InChI=1S/C20H15O2PS2/c24-23(21-19-12-6-2-7-13-19,22-20-14-8-3-9-15-20)25-17-16-18-10-4-1-5-11-18/h1-15H. The zero-order chi connectivity index (χ0) is 17.4. The second-order valence-corrected chi connectivity index (χ2v) is 10.7. The molecule has 0 aliphatic carbocycles. The molecule has 0 radical (unpaired) electrons. The van der Waals surface area contributed by atoms with Crippen LogP contribution in [0.4, 0.5) is 0 Å². The lowest BCUT2D eigenvalue weighted by molar-refractivity contribution is 0.507. The summed E-state index contributed by atoms with van der Waals surface area (Å²) in [6, 6.07) is 28.7. The SMILES string of the molecule is S=P(Oc1ccccc1)(Oc1ccccc1)SC#Cc1ccccc1. The summed E-state index contributed by atoms with van der Waals surface area (Å²) in [6.45, 7) is 0. The summed E-state index contributed by atoms with van der Waals surface area (Å²) in [5.74, 6) is 4.44. The molecule has 0 aliphatic heterocycles. The van der Waals surface area contributed by atoms with E-state index >= 15 is 0 Å². The van der Waals surface area contributed by atoms with Gasteiger partial charge in [-0.3, -0.25) is 0 Å². The summed E-state index contributed by atoms with van der Waals surface area (Å²) >= 11 is 6.94. The number of hydrogen-bond acceptors (Lipinski definition) is 4. The molecule has 0 aromatic heterocycles. The van der Waals surface area contributed by atoms with Gasteiger partial charge in [0.2, 0.25) is 0 Å². The number of rotatable bonds is 5. The van der Waals surface area contributed by atoms with Crippen molar-refractivity contribution in [3.05, 3.63) is 96.6 Å². The van der Waals surface area contributed by atoms with Gasteiger partial charge in [0, 0.05) is 28.8 Å². The van der Waals surface area contributed by atoms with Crippen LogP contribution in [0.3, 0.4) is 0 Å².